The van der Waals surface area contributed by atoms with Gasteiger partial charge in [-0.3, -0.25) is 10.5 Å². The highest BCUT2D eigenvalue weighted by Crippen LogP contribution is 2.44. The molecule has 0 amide bonds. The maximum atomic E-state index is 14.8. The van der Waals surface area contributed by atoms with Gasteiger partial charge in [0.25, 0.3) is 5.92 Å². The van der Waals surface area contributed by atoms with Gasteiger partial charge in [0.05, 0.1) is 18.3 Å². The van der Waals surface area contributed by atoms with Gasteiger partial charge < -0.3 is 20.8 Å². The maximum Gasteiger partial charge on any atom is 0.306 e. The van der Waals surface area contributed by atoms with Gasteiger partial charge in [-0.05, 0) is 35.6 Å². The van der Waals surface area contributed by atoms with Crippen LogP contribution in [0.1, 0.15) is 36.8 Å². The summed E-state index contributed by atoms with van der Waals surface area (Å²) in [4.78, 5) is 13.7. The number of likely N-dealkylation sites (tertiary alicyclic amines) is 1. The van der Waals surface area contributed by atoms with Crippen molar-refractivity contribution in [3.8, 4) is 11.1 Å². The van der Waals surface area contributed by atoms with Crippen LogP contribution < -0.4 is 11.5 Å². The molecule has 2 aliphatic rings. The van der Waals surface area contributed by atoms with Crippen LogP contribution in [0.5, 0.6) is 0 Å². The van der Waals surface area contributed by atoms with Gasteiger partial charge in [0.15, 0.2) is 0 Å². The monoisotopic (exact) mass is 422 g/mol. The van der Waals surface area contributed by atoms with Crippen LogP contribution in [0.15, 0.2) is 60.8 Å². The van der Waals surface area contributed by atoms with Crippen LogP contribution in [0.3, 0.4) is 0 Å². The van der Waals surface area contributed by atoms with E-state index < -0.39 is 18.1 Å². The molecule has 0 aromatic heterocycles. The number of nitrogens with one attached hydrogen (secondary N) is 1. The molecule has 1 unspecified atom stereocenters. The summed E-state index contributed by atoms with van der Waals surface area (Å²) in [6.45, 7) is 5.39. The minimum absolute atomic E-state index is 0.0232. The molecule has 3 atom stereocenters. The smallest absolute Gasteiger partial charge is 0.306 e. The Balaban J connectivity index is 1.43. The first-order valence-electron chi connectivity index (χ1n) is 10.3. The Morgan fingerprint density at radius 2 is 1.77 bits per heavy atom. The van der Waals surface area contributed by atoms with Gasteiger partial charge >= 0.3 is 5.97 Å². The summed E-state index contributed by atoms with van der Waals surface area (Å²) in [5, 5.41) is 7.60. The third-order valence-electron chi connectivity index (χ3n) is 6.30. The average Bonchev–Trinajstić information content (AvgIpc) is 3.20. The molecule has 1 fully saturated rings. The first-order valence-corrected chi connectivity index (χ1v) is 10.3. The van der Waals surface area contributed by atoms with E-state index in [9.17, 15) is 9.18 Å². The first-order chi connectivity index (χ1) is 14.7. The molecule has 162 valence electrons. The van der Waals surface area contributed by atoms with Gasteiger partial charge in [-0.1, -0.05) is 55.1 Å². The molecule has 2 aromatic rings. The van der Waals surface area contributed by atoms with E-state index in [2.05, 4.69) is 30.8 Å². The van der Waals surface area contributed by atoms with Crippen molar-refractivity contribution in [2.75, 3.05) is 6.61 Å². The number of fused-ring (bicyclic) bond motifs is 3. The minimum atomic E-state index is -2.52. The van der Waals surface area contributed by atoms with Crippen LogP contribution in [0.25, 0.3) is 11.1 Å². The summed E-state index contributed by atoms with van der Waals surface area (Å²) in [5.41, 5.74) is 16.2. The molecule has 31 heavy (non-hydrogen) atoms. The van der Waals surface area contributed by atoms with Crippen LogP contribution >= 0.6 is 0 Å². The van der Waals surface area contributed by atoms with Gasteiger partial charge in [-0.25, -0.2) is 0 Å². The Bertz CT molecular complexity index is 1010. The Hall–Kier alpha value is -3.03. The molecule has 0 radical (unpaired) electrons. The summed E-state index contributed by atoms with van der Waals surface area (Å²) >= 11 is 0. The number of ether oxygens (including phenoxy) is 1. The average molecular weight is 423 g/mol. The number of carbonyl (C=O) groups excluding carboxylic acids is 1. The zero-order valence-electron chi connectivity index (χ0n) is 17.5. The lowest BCUT2D eigenvalue weighted by atomic mass is 9.98. The number of hydrogen-bond donors (Lipinski definition) is 3. The summed E-state index contributed by atoms with van der Waals surface area (Å²) in [6.07, 6.45) is -0.403. The number of nitrogens with zero attached hydrogens (tertiary/aromatic N) is 1. The van der Waals surface area contributed by atoms with E-state index in [1.165, 1.54) is 6.92 Å². The second-order valence-electron chi connectivity index (χ2n) is 8.27. The molecule has 2 aromatic carbocycles. The molecule has 5 N–H and O–H groups in total. The standard InChI is InChI=1S/C24H27FN4O2/c1-14-16(11-22(27)29(14)24(25,28)15(2)26)12-23(30)31-13-21-19-9-5-3-7-17(19)18-8-4-6-10-20(18)21/h3-10,16,21-22,26H,1,11-13,27-28H2,2H3/t16-,22?,24-/m1/s1. The molecule has 4 rings (SSSR count). The largest absolute Gasteiger partial charge is 0.465 e. The van der Waals surface area contributed by atoms with Crippen LogP contribution in [0.4, 0.5) is 4.39 Å². The van der Waals surface area contributed by atoms with Gasteiger partial charge in [-0.2, -0.15) is 4.39 Å². The van der Waals surface area contributed by atoms with Crippen LogP contribution in [-0.4, -0.2) is 35.3 Å². The number of carbonyl (C=O) groups is 1. The molecule has 7 heteroatoms. The Kier molecular flexibility index (Phi) is 5.41. The SMILES string of the molecule is C=C1[C@@H](CC(=O)OCC2c3ccccc3-c3ccccc32)CC(N)N1[C@@](N)(F)C(C)=N. The second-order valence-corrected chi connectivity index (χ2v) is 8.27. The second kappa shape index (κ2) is 7.90. The number of esters is 1. The molecule has 1 aliphatic carbocycles. The van der Waals surface area contributed by atoms with Gasteiger partial charge in [0, 0.05) is 17.5 Å². The van der Waals surface area contributed by atoms with Crippen molar-refractivity contribution < 1.29 is 13.9 Å². The van der Waals surface area contributed by atoms with Gasteiger partial charge in [-0.15, -0.1) is 0 Å². The highest BCUT2D eigenvalue weighted by molar-refractivity contribution is 5.86. The van der Waals surface area contributed by atoms with Gasteiger partial charge in [0.1, 0.15) is 6.61 Å². The number of benzene rings is 2. The van der Waals surface area contributed by atoms with E-state index in [0.717, 1.165) is 27.2 Å². The molecule has 0 spiro atoms. The fourth-order valence-electron chi connectivity index (χ4n) is 4.65. The summed E-state index contributed by atoms with van der Waals surface area (Å²) in [5.74, 6) is -3.32. The van der Waals surface area contributed by atoms with Crippen LogP contribution in [0.2, 0.25) is 0 Å². The minimum Gasteiger partial charge on any atom is -0.465 e. The summed E-state index contributed by atoms with van der Waals surface area (Å²) < 4.78 is 20.4. The number of alkyl halides is 1. The lowest BCUT2D eigenvalue weighted by Gasteiger charge is -2.36. The topological polar surface area (TPSA) is 105 Å². The van der Waals surface area contributed by atoms with Gasteiger partial charge in [0.2, 0.25) is 0 Å². The Labute approximate surface area is 181 Å². The molecular formula is C24H27FN4O2. The van der Waals surface area contributed by atoms with E-state index in [1.807, 2.05) is 24.3 Å². The van der Waals surface area contributed by atoms with Crippen molar-refractivity contribution in [2.24, 2.45) is 17.4 Å². The van der Waals surface area contributed by atoms with E-state index in [4.69, 9.17) is 21.6 Å². The quantitative estimate of drug-likeness (QED) is 0.376. The zero-order valence-corrected chi connectivity index (χ0v) is 17.5. The first kappa shape index (κ1) is 21.2. The molecule has 0 saturated carbocycles. The van der Waals surface area contributed by atoms with Crippen molar-refractivity contribution in [2.45, 2.75) is 37.8 Å². The fourth-order valence-corrected chi connectivity index (χ4v) is 4.65. The normalized spacial score (nSPS) is 22.1. The van der Waals surface area contributed by atoms with E-state index in [0.29, 0.717) is 12.1 Å². The van der Waals surface area contributed by atoms with Crippen molar-refractivity contribution >= 4 is 11.7 Å². The van der Waals surface area contributed by atoms with Crippen LogP contribution in [-0.2, 0) is 9.53 Å². The number of rotatable bonds is 6. The zero-order chi connectivity index (χ0) is 22.3. The van der Waals surface area contributed by atoms with E-state index >= 15 is 0 Å². The fraction of sp³-hybridized carbons (Fsp3) is 0.333. The van der Waals surface area contributed by atoms with Crippen molar-refractivity contribution in [3.05, 3.63) is 71.9 Å². The third-order valence-corrected chi connectivity index (χ3v) is 6.30. The molecule has 1 saturated heterocycles. The lowest BCUT2D eigenvalue weighted by Crippen LogP contribution is -2.60. The molecule has 6 nitrogen and oxygen atoms in total. The van der Waals surface area contributed by atoms with E-state index in [-0.39, 0.29) is 30.6 Å². The highest BCUT2D eigenvalue weighted by atomic mass is 19.1. The predicted octanol–water partition coefficient (Wildman–Crippen LogP) is 3.47. The maximum absolute atomic E-state index is 14.8. The molecule has 1 aliphatic heterocycles. The Morgan fingerprint density at radius 3 is 2.32 bits per heavy atom. The number of allylic oxidation sites excluding steroid dienone is 1. The van der Waals surface area contributed by atoms with Crippen molar-refractivity contribution in [3.63, 3.8) is 0 Å². The van der Waals surface area contributed by atoms with Crippen molar-refractivity contribution in [1.82, 2.24) is 4.90 Å². The predicted molar refractivity (Wildman–Crippen MR) is 118 cm³/mol. The number of nitrogens with two attached hydrogens (primary N) is 2. The number of hydrogen-bond acceptors (Lipinski definition) is 6. The highest BCUT2D eigenvalue weighted by Gasteiger charge is 2.46. The summed E-state index contributed by atoms with van der Waals surface area (Å²) in [7, 11) is 0. The molecular weight excluding hydrogens is 395 g/mol. The number of halogens is 1. The van der Waals surface area contributed by atoms with Crippen molar-refractivity contribution in [1.29, 1.82) is 5.41 Å². The van der Waals surface area contributed by atoms with Crippen LogP contribution in [0, 0.1) is 11.3 Å². The molecule has 0 bridgehead atoms. The third kappa shape index (κ3) is 3.64. The lowest BCUT2D eigenvalue weighted by molar-refractivity contribution is -0.144. The van der Waals surface area contributed by atoms with E-state index in [1.54, 1.807) is 0 Å². The Morgan fingerprint density at radius 1 is 1.23 bits per heavy atom. The summed E-state index contributed by atoms with van der Waals surface area (Å²) in [6, 6.07) is 16.3. The molecule has 1 heterocycles.